The number of phosphoric acid groups is 2. The van der Waals surface area contributed by atoms with Crippen LogP contribution in [-0.4, -0.2) is 96.7 Å². The van der Waals surface area contributed by atoms with Crippen LogP contribution in [0.15, 0.2) is 0 Å². The third kappa shape index (κ3) is 71.7. The summed E-state index contributed by atoms with van der Waals surface area (Å²) in [4.78, 5) is 73.0. The molecule has 0 amide bonds. The maximum atomic E-state index is 13.1. The van der Waals surface area contributed by atoms with Crippen LogP contribution in [0.1, 0.15) is 415 Å². The van der Waals surface area contributed by atoms with Gasteiger partial charge in [-0.15, -0.1) is 0 Å². The lowest BCUT2D eigenvalue weighted by molar-refractivity contribution is -0.161. The largest absolute Gasteiger partial charge is 0.472 e. The van der Waals surface area contributed by atoms with Gasteiger partial charge in [-0.3, -0.25) is 37.3 Å². The summed E-state index contributed by atoms with van der Waals surface area (Å²) in [6.45, 7) is 14.3. The van der Waals surface area contributed by atoms with E-state index in [0.717, 1.165) is 114 Å². The number of esters is 4. The molecule has 594 valence electrons. The Morgan fingerprint density at radius 3 is 0.710 bits per heavy atom. The molecule has 5 unspecified atom stereocenters. The molecule has 0 aromatic rings. The van der Waals surface area contributed by atoms with Crippen LogP contribution in [0.2, 0.25) is 0 Å². The number of hydrogen-bond donors (Lipinski definition) is 3. The molecule has 0 saturated heterocycles. The second-order valence-corrected chi connectivity index (χ2v) is 33.5. The molecular weight excluding hydrogens is 1310 g/mol. The topological polar surface area (TPSA) is 237 Å². The zero-order valence-electron chi connectivity index (χ0n) is 65.8. The third-order valence-corrected chi connectivity index (χ3v) is 21.4. The van der Waals surface area contributed by atoms with Crippen molar-refractivity contribution in [2.24, 2.45) is 23.7 Å². The summed E-state index contributed by atoms with van der Waals surface area (Å²) in [5.74, 6) is 1.02. The normalized spacial score (nSPS) is 14.6. The number of carbonyl (C=O) groups is 4. The monoisotopic (exact) mass is 1470 g/mol. The van der Waals surface area contributed by atoms with Crippen molar-refractivity contribution in [1.82, 2.24) is 0 Å². The van der Waals surface area contributed by atoms with Crippen molar-refractivity contribution in [2.75, 3.05) is 39.6 Å². The number of aliphatic hydroxyl groups is 1. The number of hydrogen-bond acceptors (Lipinski definition) is 15. The quantitative estimate of drug-likeness (QED) is 0.0222. The maximum Gasteiger partial charge on any atom is 0.472 e. The maximum absolute atomic E-state index is 13.1. The van der Waals surface area contributed by atoms with Crippen LogP contribution in [0.4, 0.5) is 0 Å². The van der Waals surface area contributed by atoms with Gasteiger partial charge in [0, 0.05) is 25.7 Å². The van der Waals surface area contributed by atoms with E-state index >= 15 is 0 Å². The highest BCUT2D eigenvalue weighted by atomic mass is 31.2. The summed E-state index contributed by atoms with van der Waals surface area (Å²) in [5, 5.41) is 10.6. The fourth-order valence-corrected chi connectivity index (χ4v) is 13.9. The summed E-state index contributed by atoms with van der Waals surface area (Å²) in [6.07, 6.45) is 57.0. The first-order chi connectivity index (χ1) is 48.2. The van der Waals surface area contributed by atoms with Gasteiger partial charge in [0.2, 0.25) is 0 Å². The molecule has 19 heteroatoms. The molecule has 0 fully saturated rings. The standard InChI is InChI=1S/C81H158O17P2/c1-9-73(7)59-51-43-35-27-23-19-15-13-11-12-14-16-20-24-28-37-45-53-61-78(83)91-67-76(97-80(85)63-55-47-38-29-25-21-17-18-22-26-33-41-49-57-71(3)4)69-95-99(87,88)93-65-75(82)66-94-100(89,90)96-70-77(68-92-79(84)62-54-46-40-32-34-42-50-58-72(5)6)98-81(86)64-56-48-39-31-30-36-44-52-60-74(8)10-2/h71-77,82H,9-70H2,1-8H3,(H,87,88)(H,89,90)/t73?,74?,75?,76-,77-/m1/s1. The van der Waals surface area contributed by atoms with E-state index in [9.17, 15) is 43.2 Å². The Bertz CT molecular complexity index is 1960. The molecule has 0 aliphatic heterocycles. The van der Waals surface area contributed by atoms with E-state index in [1.807, 2.05) is 0 Å². The fourth-order valence-electron chi connectivity index (χ4n) is 12.4. The molecule has 0 aliphatic carbocycles. The fraction of sp³-hybridized carbons (Fsp3) is 0.951. The Kier molecular flexibility index (Phi) is 68.7. The molecule has 7 atom stereocenters. The van der Waals surface area contributed by atoms with Crippen molar-refractivity contribution in [3.63, 3.8) is 0 Å². The molecule has 17 nitrogen and oxygen atoms in total. The first kappa shape index (κ1) is 98.1. The third-order valence-electron chi connectivity index (χ3n) is 19.5. The highest BCUT2D eigenvalue weighted by molar-refractivity contribution is 7.47. The number of carbonyl (C=O) groups excluding carboxylic acids is 4. The first-order valence-electron chi connectivity index (χ1n) is 41.8. The molecule has 0 radical (unpaired) electrons. The molecule has 0 bridgehead atoms. The Morgan fingerprint density at radius 2 is 0.480 bits per heavy atom. The van der Waals surface area contributed by atoms with Crippen LogP contribution in [0.3, 0.4) is 0 Å². The minimum Gasteiger partial charge on any atom is -0.462 e. The van der Waals surface area contributed by atoms with Gasteiger partial charge in [-0.1, -0.05) is 364 Å². The Morgan fingerprint density at radius 1 is 0.280 bits per heavy atom. The van der Waals surface area contributed by atoms with Gasteiger partial charge in [0.1, 0.15) is 19.3 Å². The van der Waals surface area contributed by atoms with Gasteiger partial charge in [-0.05, 0) is 49.4 Å². The Hall–Kier alpha value is -1.94. The van der Waals surface area contributed by atoms with E-state index in [0.29, 0.717) is 31.6 Å². The highest BCUT2D eigenvalue weighted by Gasteiger charge is 2.30. The predicted molar refractivity (Wildman–Crippen MR) is 409 cm³/mol. The van der Waals surface area contributed by atoms with Gasteiger partial charge < -0.3 is 33.8 Å². The molecule has 0 aliphatic rings. The second-order valence-electron chi connectivity index (χ2n) is 30.6. The van der Waals surface area contributed by atoms with Crippen molar-refractivity contribution in [3.8, 4) is 0 Å². The summed E-state index contributed by atoms with van der Waals surface area (Å²) in [7, 11) is -9.92. The van der Waals surface area contributed by atoms with Crippen molar-refractivity contribution >= 4 is 39.5 Å². The van der Waals surface area contributed by atoms with E-state index in [-0.39, 0.29) is 25.7 Å². The number of phosphoric ester groups is 2. The second kappa shape index (κ2) is 70.1. The van der Waals surface area contributed by atoms with E-state index in [1.54, 1.807) is 0 Å². The molecule has 0 saturated carbocycles. The lowest BCUT2D eigenvalue weighted by Crippen LogP contribution is -2.30. The average molecular weight is 1470 g/mol. The Balaban J connectivity index is 5.20. The van der Waals surface area contributed by atoms with Crippen LogP contribution in [0.5, 0.6) is 0 Å². The van der Waals surface area contributed by atoms with Gasteiger partial charge in [-0.2, -0.15) is 0 Å². The summed E-state index contributed by atoms with van der Waals surface area (Å²) in [5.41, 5.74) is 0. The minimum absolute atomic E-state index is 0.104. The average Bonchev–Trinajstić information content (AvgIpc) is 0.918. The Labute approximate surface area is 613 Å². The molecule has 0 spiro atoms. The van der Waals surface area contributed by atoms with Crippen molar-refractivity contribution in [1.29, 1.82) is 0 Å². The molecule has 100 heavy (non-hydrogen) atoms. The van der Waals surface area contributed by atoms with E-state index < -0.39 is 97.5 Å². The van der Waals surface area contributed by atoms with Gasteiger partial charge in [-0.25, -0.2) is 9.13 Å². The number of unbranched alkanes of at least 4 members (excludes halogenated alkanes) is 42. The van der Waals surface area contributed by atoms with Crippen LogP contribution in [0.25, 0.3) is 0 Å². The minimum atomic E-state index is -4.96. The smallest absolute Gasteiger partial charge is 0.462 e. The lowest BCUT2D eigenvalue weighted by atomic mass is 9.99. The van der Waals surface area contributed by atoms with E-state index in [4.69, 9.17) is 37.0 Å². The van der Waals surface area contributed by atoms with E-state index in [1.165, 1.54) is 212 Å². The highest BCUT2D eigenvalue weighted by Crippen LogP contribution is 2.45. The summed E-state index contributed by atoms with van der Waals surface area (Å²) in [6, 6.07) is 0. The van der Waals surface area contributed by atoms with Gasteiger partial charge in [0.05, 0.1) is 26.4 Å². The van der Waals surface area contributed by atoms with Gasteiger partial charge >= 0.3 is 39.5 Å². The lowest BCUT2D eigenvalue weighted by Gasteiger charge is -2.21. The number of aliphatic hydroxyl groups excluding tert-OH is 1. The zero-order valence-corrected chi connectivity index (χ0v) is 67.6. The molecule has 0 aromatic heterocycles. The molecule has 0 heterocycles. The van der Waals surface area contributed by atoms with Crippen molar-refractivity contribution in [3.05, 3.63) is 0 Å². The summed E-state index contributed by atoms with van der Waals surface area (Å²) >= 11 is 0. The summed E-state index contributed by atoms with van der Waals surface area (Å²) < 4.78 is 68.7. The van der Waals surface area contributed by atoms with E-state index in [2.05, 4.69) is 55.4 Å². The SMILES string of the molecule is CCC(C)CCCCCCCCCCCCCCCCCCCCC(=O)OC[C@H](COP(=O)(O)OCC(O)COP(=O)(O)OC[C@@H](COC(=O)CCCCCCCCCC(C)C)OC(=O)CCCCCCCCCCC(C)CC)OC(=O)CCCCCCCCCCCCCCCC(C)C. The van der Waals surface area contributed by atoms with Crippen molar-refractivity contribution < 1.29 is 80.2 Å². The van der Waals surface area contributed by atoms with Crippen LogP contribution in [0, 0.1) is 23.7 Å². The molecular formula is C81H158O17P2. The predicted octanol–water partition coefficient (Wildman–Crippen LogP) is 24.0. The molecule has 0 aromatic carbocycles. The van der Waals surface area contributed by atoms with Crippen LogP contribution in [-0.2, 0) is 65.4 Å². The zero-order chi connectivity index (χ0) is 73.8. The molecule has 0 rings (SSSR count). The first-order valence-corrected chi connectivity index (χ1v) is 44.8. The van der Waals surface area contributed by atoms with Crippen LogP contribution < -0.4 is 0 Å². The van der Waals surface area contributed by atoms with Crippen LogP contribution >= 0.6 is 15.6 Å². The van der Waals surface area contributed by atoms with Gasteiger partial charge in [0.15, 0.2) is 12.2 Å². The number of rotatable bonds is 78. The molecule has 3 N–H and O–H groups in total. The van der Waals surface area contributed by atoms with Gasteiger partial charge in [0.25, 0.3) is 0 Å². The number of ether oxygens (including phenoxy) is 4. The van der Waals surface area contributed by atoms with Crippen molar-refractivity contribution in [2.45, 2.75) is 433 Å².